The molecule has 0 aliphatic carbocycles. The highest BCUT2D eigenvalue weighted by Crippen LogP contribution is 2.28. The zero-order valence-corrected chi connectivity index (χ0v) is 10.9. The number of benzene rings is 2. The first-order valence-corrected chi connectivity index (χ1v) is 6.38. The Morgan fingerprint density at radius 3 is 2.84 bits per heavy atom. The second-order valence-electron chi connectivity index (χ2n) is 4.49. The van der Waals surface area contributed by atoms with Gasteiger partial charge in [-0.1, -0.05) is 11.6 Å². The third-order valence-electron chi connectivity index (χ3n) is 3.19. The molecule has 0 atom stereocenters. The van der Waals surface area contributed by atoms with Crippen molar-refractivity contribution in [3.63, 3.8) is 0 Å². The number of carbonyl (C=O) groups excluding carboxylic acids is 1. The predicted molar refractivity (Wildman–Crippen MR) is 74.9 cm³/mol. The summed E-state index contributed by atoms with van der Waals surface area (Å²) in [7, 11) is 0. The maximum absolute atomic E-state index is 12.4. The second-order valence-corrected chi connectivity index (χ2v) is 4.90. The van der Waals surface area contributed by atoms with Gasteiger partial charge >= 0.3 is 0 Å². The fraction of sp³-hybridized carbons (Fsp3) is 0.133. The molecule has 0 fully saturated rings. The highest BCUT2D eigenvalue weighted by molar-refractivity contribution is 6.35. The Labute approximate surface area is 115 Å². The second kappa shape index (κ2) is 4.59. The van der Waals surface area contributed by atoms with Crippen LogP contribution in [-0.2, 0) is 6.42 Å². The van der Waals surface area contributed by atoms with Gasteiger partial charge in [0.2, 0.25) is 0 Å². The molecule has 19 heavy (non-hydrogen) atoms. The van der Waals surface area contributed by atoms with Gasteiger partial charge in [0.05, 0.1) is 11.6 Å². The first kappa shape index (κ1) is 12.1. The van der Waals surface area contributed by atoms with E-state index in [4.69, 9.17) is 22.1 Å². The number of ether oxygens (including phenoxy) is 1. The summed E-state index contributed by atoms with van der Waals surface area (Å²) in [5.41, 5.74) is 8.33. The lowest BCUT2D eigenvalue weighted by atomic mass is 10.00. The molecule has 2 aromatic carbocycles. The SMILES string of the molecule is Nc1ccc(C(=O)c2ccc3c(c2)CCO3)c(Cl)c1. The summed E-state index contributed by atoms with van der Waals surface area (Å²) < 4.78 is 5.42. The van der Waals surface area contributed by atoms with Crippen molar-refractivity contribution in [2.45, 2.75) is 6.42 Å². The van der Waals surface area contributed by atoms with Crippen LogP contribution in [0.2, 0.25) is 5.02 Å². The number of anilines is 1. The number of rotatable bonds is 2. The Bertz CT molecular complexity index is 667. The molecule has 1 heterocycles. The summed E-state index contributed by atoms with van der Waals surface area (Å²) in [5, 5.41) is 0.377. The molecule has 0 aromatic heterocycles. The molecular formula is C15H12ClNO2. The van der Waals surface area contributed by atoms with Crippen molar-refractivity contribution in [3.8, 4) is 5.75 Å². The maximum Gasteiger partial charge on any atom is 0.194 e. The molecule has 0 radical (unpaired) electrons. The molecule has 4 heteroatoms. The van der Waals surface area contributed by atoms with Gasteiger partial charge < -0.3 is 10.5 Å². The van der Waals surface area contributed by atoms with E-state index in [-0.39, 0.29) is 5.78 Å². The van der Waals surface area contributed by atoms with Crippen molar-refractivity contribution in [1.82, 2.24) is 0 Å². The van der Waals surface area contributed by atoms with Gasteiger partial charge in [-0.2, -0.15) is 0 Å². The van der Waals surface area contributed by atoms with Crippen LogP contribution in [0.3, 0.4) is 0 Å². The van der Waals surface area contributed by atoms with Crippen molar-refractivity contribution >= 4 is 23.1 Å². The van der Waals surface area contributed by atoms with Crippen LogP contribution in [0.25, 0.3) is 0 Å². The van der Waals surface area contributed by atoms with Gasteiger partial charge in [-0.15, -0.1) is 0 Å². The summed E-state index contributed by atoms with van der Waals surface area (Å²) >= 11 is 6.07. The molecule has 96 valence electrons. The van der Waals surface area contributed by atoms with Crippen LogP contribution >= 0.6 is 11.6 Å². The molecule has 0 bridgehead atoms. The molecule has 0 unspecified atom stereocenters. The number of fused-ring (bicyclic) bond motifs is 1. The molecule has 0 saturated carbocycles. The highest BCUT2D eigenvalue weighted by Gasteiger charge is 2.17. The van der Waals surface area contributed by atoms with Gasteiger partial charge in [0.15, 0.2) is 5.78 Å². The van der Waals surface area contributed by atoms with Crippen molar-refractivity contribution in [3.05, 3.63) is 58.1 Å². The van der Waals surface area contributed by atoms with Crippen molar-refractivity contribution in [2.75, 3.05) is 12.3 Å². The van der Waals surface area contributed by atoms with E-state index in [0.29, 0.717) is 28.4 Å². The number of hydrogen-bond donors (Lipinski definition) is 1. The smallest absolute Gasteiger partial charge is 0.194 e. The molecule has 0 saturated heterocycles. The lowest BCUT2D eigenvalue weighted by Crippen LogP contribution is -2.03. The van der Waals surface area contributed by atoms with Gasteiger partial charge in [0, 0.05) is 23.2 Å². The van der Waals surface area contributed by atoms with Crippen LogP contribution in [0.5, 0.6) is 5.75 Å². The highest BCUT2D eigenvalue weighted by atomic mass is 35.5. The largest absolute Gasteiger partial charge is 0.493 e. The van der Waals surface area contributed by atoms with Crippen LogP contribution in [0.4, 0.5) is 5.69 Å². The first-order valence-electron chi connectivity index (χ1n) is 6.00. The third kappa shape index (κ3) is 2.17. The monoisotopic (exact) mass is 273 g/mol. The molecule has 2 N–H and O–H groups in total. The fourth-order valence-electron chi connectivity index (χ4n) is 2.20. The fourth-order valence-corrected chi connectivity index (χ4v) is 2.47. The Morgan fingerprint density at radius 2 is 2.05 bits per heavy atom. The zero-order valence-electron chi connectivity index (χ0n) is 10.2. The van der Waals surface area contributed by atoms with E-state index in [9.17, 15) is 4.79 Å². The standard InChI is InChI=1S/C15H12ClNO2/c16-13-8-11(17)2-3-12(13)15(18)10-1-4-14-9(7-10)5-6-19-14/h1-4,7-8H,5-6,17H2. The minimum absolute atomic E-state index is 0.0975. The van der Waals surface area contributed by atoms with E-state index in [1.54, 1.807) is 24.3 Å². The molecule has 1 aliphatic rings. The average Bonchev–Trinajstić information content (AvgIpc) is 2.85. The van der Waals surface area contributed by atoms with E-state index >= 15 is 0 Å². The number of carbonyl (C=O) groups is 1. The average molecular weight is 274 g/mol. The van der Waals surface area contributed by atoms with Crippen LogP contribution in [0, 0.1) is 0 Å². The molecular weight excluding hydrogens is 262 g/mol. The predicted octanol–water partition coefficient (Wildman–Crippen LogP) is 3.09. The summed E-state index contributed by atoms with van der Waals surface area (Å²) in [5.74, 6) is 0.764. The molecule has 3 nitrogen and oxygen atoms in total. The zero-order chi connectivity index (χ0) is 13.4. The Balaban J connectivity index is 2.00. The number of nitrogen functional groups attached to an aromatic ring is 1. The van der Waals surface area contributed by atoms with Gasteiger partial charge in [-0.05, 0) is 42.0 Å². The molecule has 3 rings (SSSR count). The normalized spacial score (nSPS) is 12.9. The van der Waals surface area contributed by atoms with E-state index in [2.05, 4.69) is 0 Å². The maximum atomic E-state index is 12.4. The van der Waals surface area contributed by atoms with Gasteiger partial charge in [-0.25, -0.2) is 0 Å². The summed E-state index contributed by atoms with van der Waals surface area (Å²) in [4.78, 5) is 12.4. The minimum Gasteiger partial charge on any atom is -0.493 e. The number of hydrogen-bond acceptors (Lipinski definition) is 3. The first-order chi connectivity index (χ1) is 9.15. The van der Waals surface area contributed by atoms with E-state index in [1.807, 2.05) is 12.1 Å². The molecule has 0 amide bonds. The van der Waals surface area contributed by atoms with E-state index in [1.165, 1.54) is 0 Å². The quantitative estimate of drug-likeness (QED) is 0.676. The van der Waals surface area contributed by atoms with Gasteiger partial charge in [0.25, 0.3) is 0 Å². The topological polar surface area (TPSA) is 52.3 Å². The van der Waals surface area contributed by atoms with E-state index < -0.39 is 0 Å². The third-order valence-corrected chi connectivity index (χ3v) is 3.50. The molecule has 0 spiro atoms. The number of ketones is 1. The number of nitrogens with two attached hydrogens (primary N) is 1. The number of halogens is 1. The van der Waals surface area contributed by atoms with Crippen molar-refractivity contribution < 1.29 is 9.53 Å². The summed E-state index contributed by atoms with van der Waals surface area (Å²) in [6.07, 6.45) is 0.839. The summed E-state index contributed by atoms with van der Waals surface area (Å²) in [6, 6.07) is 10.4. The van der Waals surface area contributed by atoms with Crippen LogP contribution in [0.1, 0.15) is 21.5 Å². The van der Waals surface area contributed by atoms with Crippen molar-refractivity contribution in [2.24, 2.45) is 0 Å². The Hall–Kier alpha value is -2.00. The van der Waals surface area contributed by atoms with Crippen LogP contribution < -0.4 is 10.5 Å². The minimum atomic E-state index is -0.0975. The lowest BCUT2D eigenvalue weighted by molar-refractivity contribution is 0.103. The van der Waals surface area contributed by atoms with Gasteiger partial charge in [0.1, 0.15) is 5.75 Å². The van der Waals surface area contributed by atoms with Gasteiger partial charge in [-0.3, -0.25) is 4.79 Å². The lowest BCUT2D eigenvalue weighted by Gasteiger charge is -2.06. The van der Waals surface area contributed by atoms with Crippen molar-refractivity contribution in [1.29, 1.82) is 0 Å². The van der Waals surface area contributed by atoms with E-state index in [0.717, 1.165) is 17.7 Å². The molecule has 1 aliphatic heterocycles. The summed E-state index contributed by atoms with van der Waals surface area (Å²) in [6.45, 7) is 0.676. The van der Waals surface area contributed by atoms with Crippen LogP contribution in [0.15, 0.2) is 36.4 Å². The van der Waals surface area contributed by atoms with Crippen LogP contribution in [-0.4, -0.2) is 12.4 Å². The Morgan fingerprint density at radius 1 is 1.21 bits per heavy atom. The Kier molecular flexibility index (Phi) is 2.91. The molecule has 2 aromatic rings.